The maximum absolute atomic E-state index is 9.49. The van der Waals surface area contributed by atoms with Gasteiger partial charge in [-0.15, -0.1) is 0 Å². The number of rotatable bonds is 8. The van der Waals surface area contributed by atoms with E-state index in [9.17, 15) is 10.0 Å². The molecule has 0 spiro atoms. The number of halogens is 3. The van der Waals surface area contributed by atoms with Crippen LogP contribution < -0.4 is 5.46 Å². The van der Waals surface area contributed by atoms with Crippen molar-refractivity contribution in [3.8, 4) is 77.9 Å². The van der Waals surface area contributed by atoms with Crippen LogP contribution in [-0.4, -0.2) is 17.2 Å². The van der Waals surface area contributed by atoms with Crippen LogP contribution in [0.15, 0.2) is 401 Å². The summed E-state index contributed by atoms with van der Waals surface area (Å²) in [7, 11) is -1.52. The molecule has 0 fully saturated rings. The van der Waals surface area contributed by atoms with Gasteiger partial charge in [0.2, 0.25) is 0 Å². The first kappa shape index (κ1) is 71.9. The molecule has 0 saturated carbocycles. The fourth-order valence-electron chi connectivity index (χ4n) is 17.8. The molecule has 10 nitrogen and oxygen atoms in total. The summed E-state index contributed by atoms with van der Waals surface area (Å²) in [5.41, 5.74) is 28.9. The van der Waals surface area contributed by atoms with Gasteiger partial charge in [0.1, 0.15) is 89.3 Å². The molecule has 0 unspecified atom stereocenters. The zero-order valence-corrected chi connectivity index (χ0v) is 69.1. The van der Waals surface area contributed by atoms with E-state index in [0.717, 1.165) is 261 Å². The molecule has 576 valence electrons. The minimum Gasteiger partial charge on any atom is -0.456 e. The molecule has 26 rings (SSSR count). The molecule has 0 aliphatic heterocycles. The van der Waals surface area contributed by atoms with E-state index in [1.165, 1.54) is 0 Å². The highest BCUT2D eigenvalue weighted by Crippen LogP contribution is 2.47. The summed E-state index contributed by atoms with van der Waals surface area (Å²) >= 11 is 10.1. The average molecular weight is 1770 g/mol. The maximum Gasteiger partial charge on any atom is 0.488 e. The van der Waals surface area contributed by atoms with Crippen LogP contribution >= 0.6 is 47.8 Å². The van der Waals surface area contributed by atoms with Gasteiger partial charge in [-0.05, 0) is 259 Å². The van der Waals surface area contributed by atoms with Gasteiger partial charge in [0, 0.05) is 99.6 Å². The predicted molar refractivity (Wildman–Crippen MR) is 509 cm³/mol. The van der Waals surface area contributed by atoms with Gasteiger partial charge in [-0.3, -0.25) is 0 Å². The van der Waals surface area contributed by atoms with Crippen LogP contribution in [0.4, 0.5) is 0 Å². The van der Waals surface area contributed by atoms with E-state index in [1.54, 1.807) is 18.2 Å². The molecule has 0 aliphatic rings. The average Bonchev–Trinajstić information content (AvgIpc) is 1.59. The first-order valence-electron chi connectivity index (χ1n) is 40.0. The lowest BCUT2D eigenvalue weighted by Crippen LogP contribution is -2.29. The van der Waals surface area contributed by atoms with Crippen molar-refractivity contribution in [2.24, 2.45) is 0 Å². The Morgan fingerprint density at radius 1 is 0.148 bits per heavy atom. The van der Waals surface area contributed by atoms with Crippen molar-refractivity contribution in [2.45, 2.75) is 0 Å². The van der Waals surface area contributed by atoms with Crippen LogP contribution in [0.1, 0.15) is 0 Å². The second-order valence-corrected chi connectivity index (χ2v) is 33.9. The van der Waals surface area contributed by atoms with Crippen molar-refractivity contribution in [2.75, 3.05) is 0 Å². The van der Waals surface area contributed by atoms with E-state index < -0.39 is 7.12 Å². The Labute approximate surface area is 718 Å². The van der Waals surface area contributed by atoms with E-state index in [4.69, 9.17) is 35.3 Å². The lowest BCUT2D eigenvalue weighted by Gasteiger charge is -2.12. The zero-order valence-electron chi connectivity index (χ0n) is 64.4. The molecule has 0 saturated heterocycles. The van der Waals surface area contributed by atoms with E-state index in [0.29, 0.717) is 11.0 Å². The fraction of sp³-hybridized carbons (Fsp3) is 0. The summed E-state index contributed by atoms with van der Waals surface area (Å²) in [4.78, 5) is 0. The second kappa shape index (κ2) is 28.5. The molecular weight excluding hydrogens is 1710 g/mol. The third-order valence-electron chi connectivity index (χ3n) is 23.8. The lowest BCUT2D eigenvalue weighted by molar-refractivity contribution is 0.426. The quantitative estimate of drug-likeness (QED) is 0.141. The molecule has 122 heavy (non-hydrogen) atoms. The molecule has 2 N–H and O–H groups in total. The molecule has 0 atom stereocenters. The molecule has 0 amide bonds. The van der Waals surface area contributed by atoms with Gasteiger partial charge in [0.15, 0.2) is 0 Å². The van der Waals surface area contributed by atoms with Gasteiger partial charge in [-0.25, -0.2) is 0 Å². The molecule has 8 aromatic heterocycles. The van der Waals surface area contributed by atoms with Gasteiger partial charge in [-0.1, -0.05) is 224 Å². The Kier molecular flexibility index (Phi) is 16.8. The number of hydrogen-bond donors (Lipinski definition) is 2. The van der Waals surface area contributed by atoms with E-state index in [2.05, 4.69) is 309 Å². The Bertz CT molecular complexity index is 8140. The first-order chi connectivity index (χ1) is 59.8. The van der Waals surface area contributed by atoms with Crippen molar-refractivity contribution in [1.82, 2.24) is 0 Å². The summed E-state index contributed by atoms with van der Waals surface area (Å²) in [5.74, 6) is 0. The first-order valence-corrected chi connectivity index (χ1v) is 42.4. The minimum absolute atomic E-state index is 0.428. The predicted octanol–water partition coefficient (Wildman–Crippen LogP) is 31.9. The van der Waals surface area contributed by atoms with E-state index in [-0.39, 0.29) is 0 Å². The number of furan rings is 8. The fourth-order valence-corrected chi connectivity index (χ4v) is 20.2. The standard InChI is InChI=1S/C78H42O6.C24H15BO4.C6H3Br3/c1-4-10-43(11-5-1)46-16-22-67-55(31-46)61-37-76-64(40-73(61)79-67)58-34-49(19-25-70(58)82-76)52-28-53(50-20-26-71-59(35-50)65-41-74-62(38-77(65)83-71)56-32-47(17-23-68(56)80-74)44-12-6-2-7-13-44)30-54(29-52)51-21-27-72-60(36-51)66-42-75-63(39-78(66)84-72)57-33-48(18-24-69(57)81-75)45-14-8-3-9-15-45;26-25(27)16-7-9-22-18(11-16)20-13-23-19(12-24(20)29-22)17-10-15(6-8-21(17)28-23)14-4-2-1-3-5-14;7-4-1-5(8)3-6(9)2-4/h1-42H;1-13,26-27H;1-3H. The summed E-state index contributed by atoms with van der Waals surface area (Å²) < 4.78 is 55.0. The molecular formula is C108H60BBr3O10. The number of fused-ring (bicyclic) bond motifs is 24. The van der Waals surface area contributed by atoms with Crippen LogP contribution in [-0.2, 0) is 0 Å². The van der Waals surface area contributed by atoms with Gasteiger partial charge in [0.05, 0.1) is 0 Å². The highest BCUT2D eigenvalue weighted by molar-refractivity contribution is 9.11. The number of benzene rings is 18. The van der Waals surface area contributed by atoms with Gasteiger partial charge >= 0.3 is 7.12 Å². The minimum atomic E-state index is -1.52. The Hall–Kier alpha value is -14.2. The normalized spacial score (nSPS) is 12.0. The SMILES string of the molecule is Brc1cc(Br)cc(Br)c1.OB(O)c1ccc2oc3cc4c(cc3c2c1)oc1ccc(-c2ccccc2)cc14.c1ccc(-c2ccc3oc4cc5c(cc4c3c2)oc2ccc(-c3cc(-c4ccc6oc7cc8c(cc7c6c4)oc4ccc(-c6ccccc6)cc48)cc(-c4ccc6oc7cc8c(cc7c6c4)oc4ccc(-c6ccccc6)cc48)c3)cc25)cc1. The topological polar surface area (TPSA) is 146 Å². The largest absolute Gasteiger partial charge is 0.488 e. The summed E-state index contributed by atoms with van der Waals surface area (Å²) in [6.45, 7) is 0. The summed E-state index contributed by atoms with van der Waals surface area (Å²) in [6.07, 6.45) is 0. The highest BCUT2D eigenvalue weighted by atomic mass is 79.9. The van der Waals surface area contributed by atoms with Crippen molar-refractivity contribution in [3.05, 3.63) is 365 Å². The van der Waals surface area contributed by atoms with Crippen molar-refractivity contribution < 1.29 is 45.4 Å². The highest BCUT2D eigenvalue weighted by Gasteiger charge is 2.23. The third-order valence-corrected chi connectivity index (χ3v) is 25.1. The molecule has 0 aliphatic carbocycles. The molecule has 18 aromatic carbocycles. The molecule has 26 aromatic rings. The molecule has 14 heteroatoms. The molecule has 0 radical (unpaired) electrons. The summed E-state index contributed by atoms with van der Waals surface area (Å²) in [6, 6.07) is 121. The summed E-state index contributed by atoms with van der Waals surface area (Å²) in [5, 5.41) is 35.0. The maximum atomic E-state index is 9.49. The van der Waals surface area contributed by atoms with Crippen molar-refractivity contribution >= 4 is 236 Å². The Balaban J connectivity index is 0.000000182. The molecule has 0 bridgehead atoms. The number of hydrogen-bond acceptors (Lipinski definition) is 10. The van der Waals surface area contributed by atoms with Crippen molar-refractivity contribution in [1.29, 1.82) is 0 Å². The Morgan fingerprint density at radius 3 is 0.516 bits per heavy atom. The smallest absolute Gasteiger partial charge is 0.456 e. The van der Waals surface area contributed by atoms with Crippen LogP contribution in [0.2, 0.25) is 0 Å². The monoisotopic (exact) mass is 1760 g/mol. The van der Waals surface area contributed by atoms with E-state index >= 15 is 0 Å². The second-order valence-electron chi connectivity index (χ2n) is 31.2. The lowest BCUT2D eigenvalue weighted by atomic mass is 9.80. The van der Waals surface area contributed by atoms with Crippen LogP contribution in [0, 0.1) is 0 Å². The third kappa shape index (κ3) is 12.4. The van der Waals surface area contributed by atoms with Crippen LogP contribution in [0.3, 0.4) is 0 Å². The van der Waals surface area contributed by atoms with Gasteiger partial charge in [0.25, 0.3) is 0 Å². The van der Waals surface area contributed by atoms with Crippen LogP contribution in [0.5, 0.6) is 0 Å². The molecule has 8 heterocycles. The van der Waals surface area contributed by atoms with Crippen LogP contribution in [0.25, 0.3) is 253 Å². The zero-order chi connectivity index (χ0) is 81.1. The Morgan fingerprint density at radius 2 is 0.320 bits per heavy atom. The van der Waals surface area contributed by atoms with Gasteiger partial charge in [-0.2, -0.15) is 0 Å². The van der Waals surface area contributed by atoms with Gasteiger partial charge < -0.3 is 45.4 Å². The van der Waals surface area contributed by atoms with E-state index in [1.807, 2.05) is 72.8 Å². The van der Waals surface area contributed by atoms with Crippen molar-refractivity contribution in [3.63, 3.8) is 0 Å².